The lowest BCUT2D eigenvalue weighted by Gasteiger charge is -2.23. The summed E-state index contributed by atoms with van der Waals surface area (Å²) in [6, 6.07) is 0. The van der Waals surface area contributed by atoms with Gasteiger partial charge in [-0.15, -0.1) is 0 Å². The third-order valence-electron chi connectivity index (χ3n) is 8.88. The Hall–Kier alpha value is -1.39. The Morgan fingerprint density at radius 1 is 0.429 bits per heavy atom. The van der Waals surface area contributed by atoms with Crippen LogP contribution in [0.4, 0.5) is 0 Å². The van der Waals surface area contributed by atoms with Crippen LogP contribution in [0.15, 0.2) is 0 Å². The van der Waals surface area contributed by atoms with Gasteiger partial charge >= 0.3 is 0 Å². The number of amides is 2. The molecule has 0 saturated carbocycles. The van der Waals surface area contributed by atoms with Crippen LogP contribution in [0.1, 0.15) is 196 Å². The van der Waals surface area contributed by atoms with E-state index in [2.05, 4.69) is 24.5 Å². The van der Waals surface area contributed by atoms with Crippen molar-refractivity contribution in [2.45, 2.75) is 196 Å². The Morgan fingerprint density at radius 2 is 0.738 bits per heavy atom. The van der Waals surface area contributed by atoms with E-state index in [-0.39, 0.29) is 22.6 Å². The first-order chi connectivity index (χ1) is 20.1. The van der Waals surface area contributed by atoms with Crippen LogP contribution < -0.4 is 10.6 Å². The second kappa shape index (κ2) is 26.1. The third kappa shape index (κ3) is 23.1. The largest absolute Gasteiger partial charge is 0.356 e. The fourth-order valence-corrected chi connectivity index (χ4v) is 5.53. The highest BCUT2D eigenvalue weighted by molar-refractivity contribution is 5.82. The molecule has 0 atom stereocenters. The molecule has 5 heteroatoms. The van der Waals surface area contributed by atoms with Crippen molar-refractivity contribution < 1.29 is 14.4 Å². The summed E-state index contributed by atoms with van der Waals surface area (Å²) in [5, 5.41) is 6.28. The van der Waals surface area contributed by atoms with E-state index in [0.717, 1.165) is 77.3 Å². The molecule has 0 radical (unpaired) electrons. The third-order valence-corrected chi connectivity index (χ3v) is 8.88. The second-order valence-electron chi connectivity index (χ2n) is 14.2. The van der Waals surface area contributed by atoms with Gasteiger partial charge in [0.05, 0.1) is 0 Å². The lowest BCUT2D eigenvalue weighted by atomic mass is 9.85. The number of nitrogens with one attached hydrogen (secondary N) is 2. The van der Waals surface area contributed by atoms with Gasteiger partial charge in [0, 0.05) is 36.8 Å². The van der Waals surface area contributed by atoms with Crippen molar-refractivity contribution in [1.29, 1.82) is 0 Å². The van der Waals surface area contributed by atoms with E-state index in [0.29, 0.717) is 18.6 Å². The topological polar surface area (TPSA) is 75.3 Å². The van der Waals surface area contributed by atoms with Crippen molar-refractivity contribution in [2.24, 2.45) is 10.8 Å². The maximum absolute atomic E-state index is 12.6. The standard InChI is InChI=1S/C37H72N2O3/c1-7-9-11-13-15-17-25-31-38-34(41)36(3,4)29-23-19-21-27-33(40)28-22-20-24-30-37(5,6)35(42)39-32-26-18-16-14-12-10-8-2/h7-32H2,1-6H3,(H,38,41)(H,39,42). The average Bonchev–Trinajstić information content (AvgIpc) is 2.95. The SMILES string of the molecule is CCCCCCCCCNC(=O)C(C)(C)CCCCCC(=O)CCCCCC(C)(C)C(=O)NCCCCCCCCC. The Kier molecular flexibility index (Phi) is 25.2. The average molecular weight is 593 g/mol. The van der Waals surface area contributed by atoms with Gasteiger partial charge in [0.15, 0.2) is 0 Å². The first-order valence-corrected chi connectivity index (χ1v) is 18.1. The normalized spacial score (nSPS) is 12.0. The Bertz CT molecular complexity index is 630. The molecule has 2 amide bonds. The molecule has 0 unspecified atom stereocenters. The van der Waals surface area contributed by atoms with E-state index in [1.54, 1.807) is 0 Å². The molecule has 0 aliphatic rings. The first kappa shape index (κ1) is 40.6. The predicted molar refractivity (Wildman–Crippen MR) is 181 cm³/mol. The van der Waals surface area contributed by atoms with Crippen LogP contribution in [0.25, 0.3) is 0 Å². The maximum atomic E-state index is 12.6. The molecule has 2 N–H and O–H groups in total. The van der Waals surface area contributed by atoms with Crippen LogP contribution in [0.5, 0.6) is 0 Å². The molecule has 0 rings (SSSR count). The van der Waals surface area contributed by atoms with Crippen LogP contribution in [-0.4, -0.2) is 30.7 Å². The van der Waals surface area contributed by atoms with Crippen molar-refractivity contribution >= 4 is 17.6 Å². The van der Waals surface area contributed by atoms with E-state index in [9.17, 15) is 14.4 Å². The molecule has 0 spiro atoms. The molecular formula is C37H72N2O3. The minimum absolute atomic E-state index is 0.165. The number of rotatable bonds is 30. The zero-order valence-electron chi connectivity index (χ0n) is 29.1. The Balaban J connectivity index is 3.80. The lowest BCUT2D eigenvalue weighted by molar-refractivity contribution is -0.130. The number of hydrogen-bond acceptors (Lipinski definition) is 3. The molecule has 0 aliphatic heterocycles. The number of ketones is 1. The van der Waals surface area contributed by atoms with Crippen LogP contribution in [0, 0.1) is 10.8 Å². The fourth-order valence-electron chi connectivity index (χ4n) is 5.53. The molecule has 248 valence electrons. The van der Waals surface area contributed by atoms with Crippen molar-refractivity contribution in [3.63, 3.8) is 0 Å². The molecule has 42 heavy (non-hydrogen) atoms. The second-order valence-corrected chi connectivity index (χ2v) is 14.2. The van der Waals surface area contributed by atoms with E-state index < -0.39 is 0 Å². The van der Waals surface area contributed by atoms with E-state index in [4.69, 9.17) is 0 Å². The van der Waals surface area contributed by atoms with Gasteiger partial charge in [0.25, 0.3) is 0 Å². The van der Waals surface area contributed by atoms with Gasteiger partial charge in [-0.3, -0.25) is 14.4 Å². The van der Waals surface area contributed by atoms with Gasteiger partial charge in [0.2, 0.25) is 11.8 Å². The van der Waals surface area contributed by atoms with Crippen molar-refractivity contribution in [3.05, 3.63) is 0 Å². The highest BCUT2D eigenvalue weighted by atomic mass is 16.2. The molecule has 0 saturated heterocycles. The number of carbonyl (C=O) groups excluding carboxylic acids is 3. The number of hydrogen-bond donors (Lipinski definition) is 2. The molecular weight excluding hydrogens is 520 g/mol. The molecule has 0 aromatic carbocycles. The summed E-state index contributed by atoms with van der Waals surface area (Å²) >= 11 is 0. The number of Topliss-reactive ketones (excluding diaryl/α,β-unsaturated/α-hetero) is 1. The van der Waals surface area contributed by atoms with Gasteiger partial charge in [-0.25, -0.2) is 0 Å². The van der Waals surface area contributed by atoms with Crippen LogP contribution in [0.3, 0.4) is 0 Å². The van der Waals surface area contributed by atoms with E-state index in [1.807, 2.05) is 27.7 Å². The highest BCUT2D eigenvalue weighted by Crippen LogP contribution is 2.26. The monoisotopic (exact) mass is 593 g/mol. The zero-order valence-corrected chi connectivity index (χ0v) is 29.1. The van der Waals surface area contributed by atoms with Gasteiger partial charge in [-0.2, -0.15) is 0 Å². The summed E-state index contributed by atoms with van der Waals surface area (Å²) in [7, 11) is 0. The number of unbranched alkanes of at least 4 members (excludes halogenated alkanes) is 16. The maximum Gasteiger partial charge on any atom is 0.225 e. The quantitative estimate of drug-likeness (QED) is 0.0815. The first-order valence-electron chi connectivity index (χ1n) is 18.1. The molecule has 0 fully saturated rings. The summed E-state index contributed by atoms with van der Waals surface area (Å²) in [4.78, 5) is 37.5. The zero-order chi connectivity index (χ0) is 31.5. The Morgan fingerprint density at radius 3 is 1.10 bits per heavy atom. The van der Waals surface area contributed by atoms with Gasteiger partial charge in [-0.1, -0.05) is 144 Å². The van der Waals surface area contributed by atoms with Crippen molar-refractivity contribution in [2.75, 3.05) is 13.1 Å². The molecule has 0 heterocycles. The summed E-state index contributed by atoms with van der Waals surface area (Å²) in [5.41, 5.74) is -0.687. The minimum atomic E-state index is -0.344. The smallest absolute Gasteiger partial charge is 0.225 e. The Labute approximate surface area is 261 Å². The van der Waals surface area contributed by atoms with Crippen molar-refractivity contribution in [1.82, 2.24) is 10.6 Å². The van der Waals surface area contributed by atoms with Crippen LogP contribution in [-0.2, 0) is 14.4 Å². The summed E-state index contributed by atoms with van der Waals surface area (Å²) in [5.74, 6) is 0.685. The molecule has 0 aliphatic carbocycles. The highest BCUT2D eigenvalue weighted by Gasteiger charge is 2.27. The van der Waals surface area contributed by atoms with Gasteiger partial charge in [0.1, 0.15) is 5.78 Å². The minimum Gasteiger partial charge on any atom is -0.356 e. The van der Waals surface area contributed by atoms with E-state index >= 15 is 0 Å². The lowest BCUT2D eigenvalue weighted by Crippen LogP contribution is -2.37. The molecule has 0 aromatic rings. The fraction of sp³-hybridized carbons (Fsp3) is 0.919. The molecule has 0 bridgehead atoms. The summed E-state index contributed by atoms with van der Waals surface area (Å²) < 4.78 is 0. The van der Waals surface area contributed by atoms with Gasteiger partial charge < -0.3 is 10.6 Å². The van der Waals surface area contributed by atoms with E-state index in [1.165, 1.54) is 77.0 Å². The van der Waals surface area contributed by atoms with Crippen LogP contribution in [0.2, 0.25) is 0 Å². The summed E-state index contributed by atoms with van der Waals surface area (Å²) in [6.07, 6.45) is 26.5. The summed E-state index contributed by atoms with van der Waals surface area (Å²) in [6.45, 7) is 14.2. The molecule has 0 aromatic heterocycles. The van der Waals surface area contributed by atoms with Gasteiger partial charge in [-0.05, 0) is 38.5 Å². The predicted octanol–water partition coefficient (Wildman–Crippen LogP) is 10.2. The van der Waals surface area contributed by atoms with Crippen molar-refractivity contribution in [3.8, 4) is 0 Å². The number of carbonyl (C=O) groups is 3. The van der Waals surface area contributed by atoms with Crippen LogP contribution >= 0.6 is 0 Å². The molecule has 5 nitrogen and oxygen atoms in total.